The predicted octanol–water partition coefficient (Wildman–Crippen LogP) is 2.01. The Balaban J connectivity index is 2.39. The Bertz CT molecular complexity index is 116. The highest BCUT2D eigenvalue weighted by Gasteiger charge is 2.23. The van der Waals surface area contributed by atoms with Crippen LogP contribution in [0.5, 0.6) is 0 Å². The maximum atomic E-state index is 10.8. The predicted molar refractivity (Wildman–Crippen MR) is 37.2 cm³/mol. The van der Waals surface area contributed by atoms with Crippen LogP contribution in [-0.4, -0.2) is 5.78 Å². The number of ketones is 1. The van der Waals surface area contributed by atoms with Crippen molar-refractivity contribution in [3.63, 3.8) is 0 Å². The lowest BCUT2D eigenvalue weighted by Gasteiger charge is -2.10. The molecule has 1 nitrogen and oxygen atoms in total. The van der Waals surface area contributed by atoms with Crippen molar-refractivity contribution in [1.29, 1.82) is 0 Å². The molecule has 0 radical (unpaired) electrons. The highest BCUT2D eigenvalue weighted by molar-refractivity contribution is 5.80. The highest BCUT2D eigenvalue weighted by atomic mass is 16.1. The van der Waals surface area contributed by atoms with Crippen LogP contribution in [0.15, 0.2) is 0 Å². The molecule has 1 fully saturated rings. The lowest BCUT2D eigenvalue weighted by Crippen LogP contribution is -2.03. The Labute approximate surface area is 56.4 Å². The first-order valence-electron chi connectivity index (χ1n) is 3.72. The molecule has 0 aliphatic heterocycles. The van der Waals surface area contributed by atoms with E-state index in [2.05, 4.69) is 13.8 Å². The fourth-order valence-corrected chi connectivity index (χ4v) is 1.41. The monoisotopic (exact) mass is 126 g/mol. The molecule has 1 aliphatic carbocycles. The molecule has 1 saturated carbocycles. The lowest BCUT2D eigenvalue weighted by atomic mass is 9.95. The first-order valence-corrected chi connectivity index (χ1v) is 3.72. The van der Waals surface area contributed by atoms with E-state index in [1.807, 2.05) is 0 Å². The first kappa shape index (κ1) is 6.79. The highest BCUT2D eigenvalue weighted by Crippen LogP contribution is 2.28. The maximum absolute atomic E-state index is 10.8. The minimum atomic E-state index is 0.466. The topological polar surface area (TPSA) is 17.1 Å². The van der Waals surface area contributed by atoms with E-state index in [-0.39, 0.29) is 0 Å². The quantitative estimate of drug-likeness (QED) is 0.525. The second-order valence-electron chi connectivity index (χ2n) is 3.29. The van der Waals surface area contributed by atoms with Crippen LogP contribution in [0.2, 0.25) is 0 Å². The molecule has 1 atom stereocenters. The van der Waals surface area contributed by atoms with Gasteiger partial charge in [-0.15, -0.1) is 0 Å². The van der Waals surface area contributed by atoms with Crippen molar-refractivity contribution in [1.82, 2.24) is 0 Å². The van der Waals surface area contributed by atoms with Crippen molar-refractivity contribution in [2.24, 2.45) is 11.8 Å². The normalized spacial score (nSPS) is 27.9. The zero-order valence-corrected chi connectivity index (χ0v) is 6.18. The van der Waals surface area contributed by atoms with Crippen molar-refractivity contribution in [3.8, 4) is 0 Å². The van der Waals surface area contributed by atoms with E-state index in [1.54, 1.807) is 0 Å². The van der Waals surface area contributed by atoms with Gasteiger partial charge >= 0.3 is 0 Å². The molecule has 0 amide bonds. The summed E-state index contributed by atoms with van der Waals surface area (Å²) in [4.78, 5) is 10.8. The molecular weight excluding hydrogens is 112 g/mol. The molecule has 1 heteroatoms. The van der Waals surface area contributed by atoms with Gasteiger partial charge in [-0.25, -0.2) is 0 Å². The van der Waals surface area contributed by atoms with E-state index in [1.165, 1.54) is 0 Å². The molecule has 0 unspecified atom stereocenters. The minimum absolute atomic E-state index is 0.466. The van der Waals surface area contributed by atoms with Crippen LogP contribution in [0.3, 0.4) is 0 Å². The minimum Gasteiger partial charge on any atom is -0.300 e. The molecule has 0 saturated heterocycles. The summed E-state index contributed by atoms with van der Waals surface area (Å²) in [5, 5.41) is 0. The van der Waals surface area contributed by atoms with Crippen molar-refractivity contribution in [2.75, 3.05) is 0 Å². The van der Waals surface area contributed by atoms with Gasteiger partial charge in [0.05, 0.1) is 0 Å². The number of rotatable bonds is 1. The van der Waals surface area contributed by atoms with Gasteiger partial charge in [-0.1, -0.05) is 13.8 Å². The van der Waals surface area contributed by atoms with Crippen LogP contribution >= 0.6 is 0 Å². The van der Waals surface area contributed by atoms with Gasteiger partial charge < -0.3 is 0 Å². The third kappa shape index (κ3) is 1.54. The Hall–Kier alpha value is -0.330. The Kier molecular flexibility index (Phi) is 1.89. The average molecular weight is 126 g/mol. The molecule has 0 N–H and O–H groups in total. The lowest BCUT2D eigenvalue weighted by molar-refractivity contribution is -0.117. The van der Waals surface area contributed by atoms with Crippen LogP contribution in [0.4, 0.5) is 0 Å². The fourth-order valence-electron chi connectivity index (χ4n) is 1.41. The van der Waals surface area contributed by atoms with E-state index in [0.717, 1.165) is 19.3 Å². The summed E-state index contributed by atoms with van der Waals surface area (Å²) < 4.78 is 0. The number of carbonyl (C=O) groups excluding carboxylic acids is 1. The Morgan fingerprint density at radius 3 is 2.44 bits per heavy atom. The SMILES string of the molecule is CC(C)[C@H]1CCC(=O)C1. The van der Waals surface area contributed by atoms with Crippen LogP contribution in [0.1, 0.15) is 33.1 Å². The number of carbonyl (C=O) groups is 1. The van der Waals surface area contributed by atoms with E-state index >= 15 is 0 Å². The molecular formula is C8H14O. The summed E-state index contributed by atoms with van der Waals surface area (Å²) in [6.07, 6.45) is 2.82. The number of hydrogen-bond donors (Lipinski definition) is 0. The van der Waals surface area contributed by atoms with Crippen LogP contribution in [-0.2, 0) is 4.79 Å². The van der Waals surface area contributed by atoms with E-state index in [9.17, 15) is 4.79 Å². The Morgan fingerprint density at radius 1 is 1.56 bits per heavy atom. The molecule has 9 heavy (non-hydrogen) atoms. The zero-order chi connectivity index (χ0) is 6.85. The molecule has 1 aliphatic rings. The smallest absolute Gasteiger partial charge is 0.133 e. The standard InChI is InChI=1S/C8H14O/c1-6(2)7-3-4-8(9)5-7/h6-7H,3-5H2,1-2H3/t7-/m0/s1. The zero-order valence-electron chi connectivity index (χ0n) is 6.18. The third-order valence-corrected chi connectivity index (χ3v) is 2.23. The van der Waals surface area contributed by atoms with Gasteiger partial charge in [0, 0.05) is 12.8 Å². The molecule has 0 bridgehead atoms. The second-order valence-corrected chi connectivity index (χ2v) is 3.29. The molecule has 0 aromatic rings. The van der Waals surface area contributed by atoms with Crippen molar-refractivity contribution < 1.29 is 4.79 Å². The number of Topliss-reactive ketones (excluding diaryl/α,β-unsaturated/α-hetero) is 1. The fraction of sp³-hybridized carbons (Fsp3) is 0.875. The molecule has 1 rings (SSSR count). The largest absolute Gasteiger partial charge is 0.300 e. The van der Waals surface area contributed by atoms with Gasteiger partial charge in [0.25, 0.3) is 0 Å². The molecule has 52 valence electrons. The van der Waals surface area contributed by atoms with Crippen LogP contribution in [0, 0.1) is 11.8 Å². The van der Waals surface area contributed by atoms with Crippen molar-refractivity contribution >= 4 is 5.78 Å². The molecule has 0 heterocycles. The summed E-state index contributed by atoms with van der Waals surface area (Å²) >= 11 is 0. The van der Waals surface area contributed by atoms with Crippen LogP contribution < -0.4 is 0 Å². The van der Waals surface area contributed by atoms with Gasteiger partial charge in [0.1, 0.15) is 5.78 Å². The first-order chi connectivity index (χ1) is 4.20. The summed E-state index contributed by atoms with van der Waals surface area (Å²) in [7, 11) is 0. The van der Waals surface area contributed by atoms with Crippen molar-refractivity contribution in [3.05, 3.63) is 0 Å². The summed E-state index contributed by atoms with van der Waals surface area (Å²) in [5.41, 5.74) is 0. The van der Waals surface area contributed by atoms with Gasteiger partial charge in [-0.05, 0) is 18.3 Å². The van der Waals surface area contributed by atoms with Gasteiger partial charge in [-0.2, -0.15) is 0 Å². The Morgan fingerprint density at radius 2 is 2.22 bits per heavy atom. The van der Waals surface area contributed by atoms with E-state index in [0.29, 0.717) is 17.6 Å². The van der Waals surface area contributed by atoms with Gasteiger partial charge in [0.15, 0.2) is 0 Å². The second kappa shape index (κ2) is 2.51. The van der Waals surface area contributed by atoms with Gasteiger partial charge in [0.2, 0.25) is 0 Å². The molecule has 0 spiro atoms. The van der Waals surface area contributed by atoms with Crippen LogP contribution in [0.25, 0.3) is 0 Å². The summed E-state index contributed by atoms with van der Waals surface area (Å²) in [5.74, 6) is 1.86. The number of hydrogen-bond acceptors (Lipinski definition) is 1. The average Bonchev–Trinajstić information content (AvgIpc) is 2.14. The summed E-state index contributed by atoms with van der Waals surface area (Å²) in [6.45, 7) is 4.40. The van der Waals surface area contributed by atoms with Crippen molar-refractivity contribution in [2.45, 2.75) is 33.1 Å². The molecule has 0 aromatic carbocycles. The third-order valence-electron chi connectivity index (χ3n) is 2.23. The molecule has 0 aromatic heterocycles. The van der Waals surface area contributed by atoms with Gasteiger partial charge in [-0.3, -0.25) is 4.79 Å². The van der Waals surface area contributed by atoms with E-state index < -0.39 is 0 Å². The maximum Gasteiger partial charge on any atom is 0.133 e. The summed E-state index contributed by atoms with van der Waals surface area (Å²) in [6, 6.07) is 0. The van der Waals surface area contributed by atoms with E-state index in [4.69, 9.17) is 0 Å².